The van der Waals surface area contributed by atoms with Crippen molar-refractivity contribution < 1.29 is 5.11 Å². The lowest BCUT2D eigenvalue weighted by atomic mass is 9.90. The molecule has 2 rings (SSSR count). The Kier molecular flexibility index (Phi) is 4.87. The van der Waals surface area contributed by atoms with E-state index in [4.69, 9.17) is 0 Å². The number of hydrogen-bond donors (Lipinski definition) is 1. The van der Waals surface area contributed by atoms with Gasteiger partial charge < -0.3 is 5.11 Å². The lowest BCUT2D eigenvalue weighted by molar-refractivity contribution is 0.0461. The molecule has 0 bridgehead atoms. The van der Waals surface area contributed by atoms with Crippen LogP contribution >= 0.6 is 0 Å². The van der Waals surface area contributed by atoms with E-state index >= 15 is 0 Å². The molecule has 0 aliphatic heterocycles. The van der Waals surface area contributed by atoms with Gasteiger partial charge in [-0.15, -0.1) is 0 Å². The molecule has 0 unspecified atom stereocenters. The number of aliphatic hydroxyl groups excluding tert-OH is 1. The van der Waals surface area contributed by atoms with Crippen molar-refractivity contribution in [2.75, 3.05) is 6.54 Å². The van der Waals surface area contributed by atoms with Gasteiger partial charge in [0, 0.05) is 18.6 Å². The van der Waals surface area contributed by atoms with Gasteiger partial charge in [0.1, 0.15) is 0 Å². The van der Waals surface area contributed by atoms with Gasteiger partial charge in [-0.3, -0.25) is 4.90 Å². The molecule has 0 spiro atoms. The van der Waals surface area contributed by atoms with E-state index in [1.165, 1.54) is 45.1 Å². The van der Waals surface area contributed by atoms with Crippen LogP contribution in [0.15, 0.2) is 0 Å². The summed E-state index contributed by atoms with van der Waals surface area (Å²) in [5.74, 6) is 0.766. The van der Waals surface area contributed by atoms with Crippen LogP contribution in [0.25, 0.3) is 0 Å². The fourth-order valence-corrected chi connectivity index (χ4v) is 3.64. The molecule has 2 nitrogen and oxygen atoms in total. The molecule has 2 fully saturated rings. The lowest BCUT2D eigenvalue weighted by Crippen LogP contribution is -2.46. The molecule has 0 atom stereocenters. The first-order valence-electron chi connectivity index (χ1n) is 7.60. The van der Waals surface area contributed by atoms with E-state index in [-0.39, 0.29) is 6.10 Å². The maximum atomic E-state index is 9.64. The minimum atomic E-state index is -0.0178. The Labute approximate surface area is 106 Å². The standard InChI is InChI=1S/C15H29NO/c1-12(2)11-16(13-5-3-4-6-13)14-7-9-15(17)10-8-14/h12-15,17H,3-11H2,1-2H3. The van der Waals surface area contributed by atoms with Crippen molar-refractivity contribution in [3.05, 3.63) is 0 Å². The van der Waals surface area contributed by atoms with Crippen LogP contribution in [0.4, 0.5) is 0 Å². The summed E-state index contributed by atoms with van der Waals surface area (Å²) in [6.07, 6.45) is 10.1. The van der Waals surface area contributed by atoms with Crippen molar-refractivity contribution >= 4 is 0 Å². The number of aliphatic hydroxyl groups is 1. The first-order valence-corrected chi connectivity index (χ1v) is 7.60. The predicted molar refractivity (Wildman–Crippen MR) is 72.1 cm³/mol. The molecule has 0 aromatic rings. The maximum Gasteiger partial charge on any atom is 0.0541 e. The Balaban J connectivity index is 1.93. The molecule has 2 heteroatoms. The fourth-order valence-electron chi connectivity index (χ4n) is 3.64. The van der Waals surface area contributed by atoms with Gasteiger partial charge in [-0.2, -0.15) is 0 Å². The second kappa shape index (κ2) is 6.19. The summed E-state index contributed by atoms with van der Waals surface area (Å²) in [4.78, 5) is 2.80. The van der Waals surface area contributed by atoms with Crippen molar-refractivity contribution in [3.8, 4) is 0 Å². The minimum absolute atomic E-state index is 0.0178. The maximum absolute atomic E-state index is 9.64. The van der Waals surface area contributed by atoms with Gasteiger partial charge in [-0.25, -0.2) is 0 Å². The Morgan fingerprint density at radius 1 is 0.941 bits per heavy atom. The zero-order chi connectivity index (χ0) is 12.3. The molecule has 0 amide bonds. The van der Waals surface area contributed by atoms with Crippen LogP contribution in [-0.2, 0) is 0 Å². The molecule has 0 aromatic carbocycles. The molecular formula is C15H29NO. The van der Waals surface area contributed by atoms with Crippen LogP contribution in [0.1, 0.15) is 65.2 Å². The summed E-state index contributed by atoms with van der Waals surface area (Å²) in [5.41, 5.74) is 0. The van der Waals surface area contributed by atoms with Gasteiger partial charge in [0.15, 0.2) is 0 Å². The second-order valence-corrected chi connectivity index (χ2v) is 6.49. The molecule has 2 aliphatic carbocycles. The molecule has 0 radical (unpaired) electrons. The Morgan fingerprint density at radius 3 is 2.00 bits per heavy atom. The zero-order valence-corrected chi connectivity index (χ0v) is 11.6. The highest BCUT2D eigenvalue weighted by Crippen LogP contribution is 2.31. The topological polar surface area (TPSA) is 23.5 Å². The normalized spacial score (nSPS) is 31.6. The first kappa shape index (κ1) is 13.4. The SMILES string of the molecule is CC(C)CN(C1CCCC1)C1CCC(O)CC1. The van der Waals surface area contributed by atoms with E-state index in [9.17, 15) is 5.11 Å². The molecule has 1 N–H and O–H groups in total. The summed E-state index contributed by atoms with van der Waals surface area (Å²) < 4.78 is 0. The van der Waals surface area contributed by atoms with E-state index in [0.717, 1.165) is 30.8 Å². The van der Waals surface area contributed by atoms with E-state index in [2.05, 4.69) is 18.7 Å². The monoisotopic (exact) mass is 239 g/mol. The summed E-state index contributed by atoms with van der Waals surface area (Å²) in [7, 11) is 0. The van der Waals surface area contributed by atoms with Gasteiger partial charge in [0.2, 0.25) is 0 Å². The minimum Gasteiger partial charge on any atom is -0.393 e. The van der Waals surface area contributed by atoms with Crippen LogP contribution in [-0.4, -0.2) is 34.7 Å². The molecule has 0 heterocycles. The summed E-state index contributed by atoms with van der Waals surface area (Å²) in [5, 5.41) is 9.64. The highest BCUT2D eigenvalue weighted by molar-refractivity contribution is 4.86. The number of rotatable bonds is 4. The van der Waals surface area contributed by atoms with Gasteiger partial charge in [0.25, 0.3) is 0 Å². The van der Waals surface area contributed by atoms with Crippen LogP contribution in [0.2, 0.25) is 0 Å². The van der Waals surface area contributed by atoms with Crippen LogP contribution < -0.4 is 0 Å². The number of hydrogen-bond acceptors (Lipinski definition) is 2. The summed E-state index contributed by atoms with van der Waals surface area (Å²) in [6, 6.07) is 1.60. The van der Waals surface area contributed by atoms with Crippen molar-refractivity contribution in [3.63, 3.8) is 0 Å². The zero-order valence-electron chi connectivity index (χ0n) is 11.6. The third-order valence-electron chi connectivity index (χ3n) is 4.50. The molecular weight excluding hydrogens is 210 g/mol. The highest BCUT2D eigenvalue weighted by Gasteiger charge is 2.31. The quantitative estimate of drug-likeness (QED) is 0.814. The van der Waals surface area contributed by atoms with Crippen molar-refractivity contribution in [2.24, 2.45) is 5.92 Å². The van der Waals surface area contributed by atoms with Crippen LogP contribution in [0.5, 0.6) is 0 Å². The van der Waals surface area contributed by atoms with Crippen molar-refractivity contribution in [1.29, 1.82) is 0 Å². The predicted octanol–water partition coefficient (Wildman–Crippen LogP) is 3.19. The van der Waals surface area contributed by atoms with E-state index in [1.54, 1.807) is 0 Å². The molecule has 2 aliphatic rings. The molecule has 100 valence electrons. The average molecular weight is 239 g/mol. The second-order valence-electron chi connectivity index (χ2n) is 6.49. The van der Waals surface area contributed by atoms with Gasteiger partial charge in [0.05, 0.1) is 6.10 Å². The summed E-state index contributed by atoms with van der Waals surface area (Å²) >= 11 is 0. The van der Waals surface area contributed by atoms with Gasteiger partial charge >= 0.3 is 0 Å². The molecule has 0 aromatic heterocycles. The third kappa shape index (κ3) is 3.69. The van der Waals surface area contributed by atoms with Crippen molar-refractivity contribution in [2.45, 2.75) is 83.4 Å². The number of nitrogens with zero attached hydrogens (tertiary/aromatic N) is 1. The first-order chi connectivity index (χ1) is 8.16. The van der Waals surface area contributed by atoms with E-state index in [0.29, 0.717) is 0 Å². The summed E-state index contributed by atoms with van der Waals surface area (Å²) in [6.45, 7) is 5.92. The molecule has 2 saturated carbocycles. The molecule has 17 heavy (non-hydrogen) atoms. The van der Waals surface area contributed by atoms with Crippen LogP contribution in [0, 0.1) is 5.92 Å². The Bertz CT molecular complexity index is 215. The highest BCUT2D eigenvalue weighted by atomic mass is 16.3. The van der Waals surface area contributed by atoms with Crippen LogP contribution in [0.3, 0.4) is 0 Å². The molecule has 0 saturated heterocycles. The Morgan fingerprint density at radius 2 is 1.47 bits per heavy atom. The average Bonchev–Trinajstić information content (AvgIpc) is 2.80. The third-order valence-corrected chi connectivity index (χ3v) is 4.50. The van der Waals surface area contributed by atoms with Crippen molar-refractivity contribution in [1.82, 2.24) is 4.90 Å². The Hall–Kier alpha value is -0.0800. The lowest BCUT2D eigenvalue weighted by Gasteiger charge is -2.40. The van der Waals surface area contributed by atoms with E-state index < -0.39 is 0 Å². The van der Waals surface area contributed by atoms with Gasteiger partial charge in [-0.1, -0.05) is 26.7 Å². The van der Waals surface area contributed by atoms with Gasteiger partial charge in [-0.05, 0) is 44.4 Å². The smallest absolute Gasteiger partial charge is 0.0541 e. The largest absolute Gasteiger partial charge is 0.393 e. The van der Waals surface area contributed by atoms with E-state index in [1.807, 2.05) is 0 Å². The fraction of sp³-hybridized carbons (Fsp3) is 1.00.